The summed E-state index contributed by atoms with van der Waals surface area (Å²) in [6.45, 7) is 1.87. The Labute approximate surface area is 125 Å². The molecule has 106 valence electrons. The number of nitrogens with zero attached hydrogens (tertiary/aromatic N) is 1. The third kappa shape index (κ3) is 2.92. The molecule has 0 aliphatic heterocycles. The quantitative estimate of drug-likeness (QED) is 0.576. The first-order chi connectivity index (χ1) is 9.45. The number of nitrogens with two attached hydrogens (primary N) is 1. The van der Waals surface area contributed by atoms with Gasteiger partial charge in [-0.1, -0.05) is 12.1 Å². The molecule has 1 aromatic heterocycles. The van der Waals surface area contributed by atoms with Gasteiger partial charge < -0.3 is 5.43 Å². The molecule has 0 fully saturated rings. The molecule has 4 N–H and O–H groups in total. The normalized spacial score (nSPS) is 11.2. The second-order valence-corrected chi connectivity index (χ2v) is 6.48. The number of hydrogen-bond acceptors (Lipinski definition) is 5. The SMILES string of the molecule is Cc1cccc(NS(=O)(=O)c2cccnc2NN)c1Br. The van der Waals surface area contributed by atoms with Gasteiger partial charge in [-0.05, 0) is 46.6 Å². The number of pyridine rings is 1. The molecule has 0 saturated carbocycles. The lowest BCUT2D eigenvalue weighted by Crippen LogP contribution is -2.18. The van der Waals surface area contributed by atoms with Gasteiger partial charge in [-0.15, -0.1) is 0 Å². The maximum Gasteiger partial charge on any atom is 0.265 e. The zero-order valence-corrected chi connectivity index (χ0v) is 13.0. The molecule has 0 aliphatic rings. The van der Waals surface area contributed by atoms with Gasteiger partial charge in [-0.2, -0.15) is 0 Å². The molecule has 2 rings (SSSR count). The molecule has 0 amide bonds. The van der Waals surface area contributed by atoms with Gasteiger partial charge in [0.25, 0.3) is 10.0 Å². The number of hydrogen-bond donors (Lipinski definition) is 3. The van der Waals surface area contributed by atoms with Crippen molar-refractivity contribution in [3.05, 3.63) is 46.6 Å². The molecule has 1 aromatic carbocycles. The summed E-state index contributed by atoms with van der Waals surface area (Å²) in [6, 6.07) is 8.26. The number of rotatable bonds is 4. The number of aromatic nitrogens is 1. The summed E-state index contributed by atoms with van der Waals surface area (Å²) in [7, 11) is -3.78. The Kier molecular flexibility index (Phi) is 4.26. The van der Waals surface area contributed by atoms with Crippen molar-refractivity contribution in [3.8, 4) is 0 Å². The third-order valence-electron chi connectivity index (χ3n) is 2.63. The van der Waals surface area contributed by atoms with E-state index in [-0.39, 0.29) is 10.7 Å². The fourth-order valence-corrected chi connectivity index (χ4v) is 3.33. The Morgan fingerprint density at radius 1 is 1.25 bits per heavy atom. The number of nitrogen functional groups attached to an aromatic ring is 1. The minimum atomic E-state index is -3.78. The highest BCUT2D eigenvalue weighted by Crippen LogP contribution is 2.29. The van der Waals surface area contributed by atoms with Gasteiger partial charge in [-0.3, -0.25) is 4.72 Å². The molecule has 8 heteroatoms. The van der Waals surface area contributed by atoms with Crippen LogP contribution < -0.4 is 16.0 Å². The summed E-state index contributed by atoms with van der Waals surface area (Å²) in [5.41, 5.74) is 3.65. The van der Waals surface area contributed by atoms with Crippen LogP contribution >= 0.6 is 15.9 Å². The minimum absolute atomic E-state index is 0.0177. The van der Waals surface area contributed by atoms with Gasteiger partial charge in [0.05, 0.1) is 5.69 Å². The van der Waals surface area contributed by atoms with Gasteiger partial charge in [0.15, 0.2) is 5.82 Å². The van der Waals surface area contributed by atoms with E-state index in [0.29, 0.717) is 10.2 Å². The summed E-state index contributed by atoms with van der Waals surface area (Å²) < 4.78 is 28.0. The number of sulfonamides is 1. The topological polar surface area (TPSA) is 97.1 Å². The molecule has 0 bridgehead atoms. The Hall–Kier alpha value is -1.64. The molecule has 6 nitrogen and oxygen atoms in total. The number of anilines is 2. The molecule has 0 aliphatic carbocycles. The predicted octanol–water partition coefficient (Wildman–Crippen LogP) is 2.24. The molecule has 0 radical (unpaired) electrons. The van der Waals surface area contributed by atoms with E-state index in [1.54, 1.807) is 12.1 Å². The number of hydrazine groups is 1. The summed E-state index contributed by atoms with van der Waals surface area (Å²) in [5.74, 6) is 5.37. The zero-order valence-electron chi connectivity index (χ0n) is 10.6. The summed E-state index contributed by atoms with van der Waals surface area (Å²) in [5, 5.41) is 0. The van der Waals surface area contributed by atoms with Crippen LogP contribution in [0.1, 0.15) is 5.56 Å². The lowest BCUT2D eigenvalue weighted by atomic mass is 10.2. The maximum absolute atomic E-state index is 12.4. The maximum atomic E-state index is 12.4. The second-order valence-electron chi connectivity index (χ2n) is 4.04. The van der Waals surface area contributed by atoms with Crippen molar-refractivity contribution in [2.24, 2.45) is 5.84 Å². The lowest BCUT2D eigenvalue weighted by molar-refractivity contribution is 0.601. The second kappa shape index (κ2) is 5.78. The van der Waals surface area contributed by atoms with E-state index in [0.717, 1.165) is 5.56 Å². The van der Waals surface area contributed by atoms with Crippen molar-refractivity contribution in [1.29, 1.82) is 0 Å². The van der Waals surface area contributed by atoms with E-state index >= 15 is 0 Å². The fourth-order valence-electron chi connectivity index (χ4n) is 1.64. The first-order valence-corrected chi connectivity index (χ1v) is 7.93. The van der Waals surface area contributed by atoms with Crippen molar-refractivity contribution in [2.75, 3.05) is 10.1 Å². The Bertz CT molecular complexity index is 734. The molecule has 2 aromatic rings. The van der Waals surface area contributed by atoms with Crippen molar-refractivity contribution in [1.82, 2.24) is 4.98 Å². The highest BCUT2D eigenvalue weighted by molar-refractivity contribution is 9.10. The molecule has 0 atom stereocenters. The van der Waals surface area contributed by atoms with Crippen LogP contribution in [0.15, 0.2) is 45.9 Å². The number of aryl methyl sites for hydroxylation is 1. The standard InChI is InChI=1S/C12H13BrN4O2S/c1-8-4-2-5-9(11(8)13)17-20(18,19)10-6-3-7-15-12(10)16-14/h2-7,17H,14H2,1H3,(H,15,16). The van der Waals surface area contributed by atoms with Crippen LogP contribution in [0.4, 0.5) is 11.5 Å². The summed E-state index contributed by atoms with van der Waals surface area (Å²) >= 11 is 3.36. The van der Waals surface area contributed by atoms with E-state index in [9.17, 15) is 8.42 Å². The molecular weight excluding hydrogens is 344 g/mol. The van der Waals surface area contributed by atoms with Gasteiger partial charge in [0.2, 0.25) is 0 Å². The Morgan fingerprint density at radius 3 is 2.70 bits per heavy atom. The minimum Gasteiger partial charge on any atom is -0.307 e. The van der Waals surface area contributed by atoms with Crippen molar-refractivity contribution < 1.29 is 8.42 Å². The highest BCUT2D eigenvalue weighted by atomic mass is 79.9. The fraction of sp³-hybridized carbons (Fsp3) is 0.0833. The molecular formula is C12H13BrN4O2S. The van der Waals surface area contributed by atoms with Crippen molar-refractivity contribution in [2.45, 2.75) is 11.8 Å². The van der Waals surface area contributed by atoms with Crippen LogP contribution in [-0.4, -0.2) is 13.4 Å². The van der Waals surface area contributed by atoms with Gasteiger partial charge in [-0.25, -0.2) is 19.2 Å². The van der Waals surface area contributed by atoms with Crippen LogP contribution in [-0.2, 0) is 10.0 Å². The largest absolute Gasteiger partial charge is 0.307 e. The first kappa shape index (κ1) is 14.8. The average Bonchev–Trinajstić information content (AvgIpc) is 2.43. The lowest BCUT2D eigenvalue weighted by Gasteiger charge is -2.13. The van der Waals surface area contributed by atoms with E-state index in [4.69, 9.17) is 5.84 Å². The van der Waals surface area contributed by atoms with Crippen LogP contribution in [0.5, 0.6) is 0 Å². The van der Waals surface area contributed by atoms with E-state index in [2.05, 4.69) is 31.1 Å². The zero-order chi connectivity index (χ0) is 14.8. The van der Waals surface area contributed by atoms with Gasteiger partial charge in [0, 0.05) is 10.7 Å². The first-order valence-electron chi connectivity index (χ1n) is 5.65. The predicted molar refractivity (Wildman–Crippen MR) is 81.7 cm³/mol. The summed E-state index contributed by atoms with van der Waals surface area (Å²) in [6.07, 6.45) is 1.46. The molecule has 20 heavy (non-hydrogen) atoms. The van der Waals surface area contributed by atoms with Gasteiger partial charge >= 0.3 is 0 Å². The van der Waals surface area contributed by atoms with Crippen LogP contribution in [0.2, 0.25) is 0 Å². The van der Waals surface area contributed by atoms with Crippen LogP contribution in [0.25, 0.3) is 0 Å². The van der Waals surface area contributed by atoms with E-state index < -0.39 is 10.0 Å². The van der Waals surface area contributed by atoms with Crippen molar-refractivity contribution >= 4 is 37.5 Å². The molecule has 0 unspecified atom stereocenters. The number of halogens is 1. The van der Waals surface area contributed by atoms with E-state index in [1.807, 2.05) is 13.0 Å². The van der Waals surface area contributed by atoms with Gasteiger partial charge in [0.1, 0.15) is 4.90 Å². The molecule has 0 saturated heterocycles. The monoisotopic (exact) mass is 356 g/mol. The summed E-state index contributed by atoms with van der Waals surface area (Å²) in [4.78, 5) is 3.86. The number of benzene rings is 1. The highest BCUT2D eigenvalue weighted by Gasteiger charge is 2.20. The molecule has 1 heterocycles. The van der Waals surface area contributed by atoms with Crippen LogP contribution in [0, 0.1) is 6.92 Å². The Balaban J connectivity index is 2.44. The Morgan fingerprint density at radius 2 is 2.00 bits per heavy atom. The number of nitrogens with one attached hydrogen (secondary N) is 2. The third-order valence-corrected chi connectivity index (χ3v) is 5.08. The van der Waals surface area contributed by atoms with E-state index in [1.165, 1.54) is 18.3 Å². The van der Waals surface area contributed by atoms with Crippen molar-refractivity contribution in [3.63, 3.8) is 0 Å². The molecule has 0 spiro atoms. The van der Waals surface area contributed by atoms with Crippen LogP contribution in [0.3, 0.4) is 0 Å². The smallest absolute Gasteiger partial charge is 0.265 e. The average molecular weight is 357 g/mol.